The highest BCUT2D eigenvalue weighted by Gasteiger charge is 1.84. The van der Waals surface area contributed by atoms with E-state index in [0.717, 1.165) is 25.7 Å². The molecular weight excluding hydrogens is 298 g/mol. The number of quaternary nitrogens is 1. The highest BCUT2D eigenvalue weighted by Crippen LogP contribution is 2.01. The van der Waals surface area contributed by atoms with Crippen LogP contribution in [0.25, 0.3) is 0 Å². The maximum atomic E-state index is 10.2. The van der Waals surface area contributed by atoms with Crippen LogP contribution in [-0.2, 0) is 4.79 Å². The molecule has 0 rings (SSSR count). The number of unbranched alkanes of at least 4 members (excludes halogenated alkanes) is 4. The molecule has 0 heterocycles. The van der Waals surface area contributed by atoms with Crippen molar-refractivity contribution in [3.63, 3.8) is 0 Å². The van der Waals surface area contributed by atoms with Crippen LogP contribution >= 0.6 is 0 Å². The van der Waals surface area contributed by atoms with E-state index in [1.165, 1.54) is 25.7 Å². The number of carboxylic acid groups (broad SMARTS) is 1. The van der Waals surface area contributed by atoms with E-state index in [1.807, 2.05) is 6.08 Å². The van der Waals surface area contributed by atoms with Crippen LogP contribution in [0.2, 0.25) is 0 Å². The minimum absolute atomic E-state index is 0.151. The normalized spacial score (nSPS) is 11.6. The summed E-state index contributed by atoms with van der Waals surface area (Å²) in [5, 5.41) is 10.2. The molecule has 0 aromatic heterocycles. The topological polar surface area (TPSA) is 67.8 Å². The molecule has 0 saturated carbocycles. The van der Waals surface area contributed by atoms with E-state index in [-0.39, 0.29) is 6.42 Å². The predicted octanol–water partition coefficient (Wildman–Crippen LogP) is 3.74. The SMILES string of the molecule is CCCCC/C=C\C/C=C\C/C=C\C/C=C\CCCC(=O)[O-].C[NH3+]. The summed E-state index contributed by atoms with van der Waals surface area (Å²) in [6, 6.07) is 0. The lowest BCUT2D eigenvalue weighted by Crippen LogP contribution is -2.40. The third-order valence-electron chi connectivity index (χ3n) is 3.21. The van der Waals surface area contributed by atoms with Gasteiger partial charge >= 0.3 is 0 Å². The second-order valence-electron chi connectivity index (χ2n) is 5.35. The van der Waals surface area contributed by atoms with Gasteiger partial charge in [0.2, 0.25) is 0 Å². The molecule has 0 aliphatic carbocycles. The molecule has 0 aromatic carbocycles. The Bertz CT molecular complexity index is 368. The fourth-order valence-corrected chi connectivity index (χ4v) is 1.93. The number of hydrogen-bond acceptors (Lipinski definition) is 2. The Balaban J connectivity index is 0. The number of allylic oxidation sites excluding steroid dienone is 8. The molecule has 0 aliphatic rings. The number of aliphatic carboxylic acids is 1. The van der Waals surface area contributed by atoms with Gasteiger partial charge in [-0.25, -0.2) is 0 Å². The summed E-state index contributed by atoms with van der Waals surface area (Å²) in [7, 11) is 1.75. The lowest BCUT2D eigenvalue weighted by molar-refractivity contribution is -0.325. The summed E-state index contributed by atoms with van der Waals surface area (Å²) in [6.45, 7) is 2.23. The van der Waals surface area contributed by atoms with E-state index in [9.17, 15) is 9.90 Å². The number of carbonyl (C=O) groups excluding carboxylic acids is 1. The van der Waals surface area contributed by atoms with Gasteiger partial charge in [0, 0.05) is 5.97 Å². The molecule has 138 valence electrons. The van der Waals surface area contributed by atoms with Crippen molar-refractivity contribution < 1.29 is 15.6 Å². The zero-order valence-corrected chi connectivity index (χ0v) is 15.7. The second-order valence-corrected chi connectivity index (χ2v) is 5.35. The second kappa shape index (κ2) is 23.7. The summed E-state index contributed by atoms with van der Waals surface area (Å²) in [4.78, 5) is 10.2. The van der Waals surface area contributed by atoms with Gasteiger partial charge in [-0.1, -0.05) is 68.4 Å². The number of carbonyl (C=O) groups is 1. The van der Waals surface area contributed by atoms with Crippen molar-refractivity contribution in [1.29, 1.82) is 0 Å². The van der Waals surface area contributed by atoms with Crippen molar-refractivity contribution in [2.75, 3.05) is 7.05 Å². The first-order valence-electron chi connectivity index (χ1n) is 9.28. The van der Waals surface area contributed by atoms with E-state index >= 15 is 0 Å². The molecule has 0 atom stereocenters. The fourth-order valence-electron chi connectivity index (χ4n) is 1.93. The average molecular weight is 336 g/mol. The van der Waals surface area contributed by atoms with Crippen LogP contribution in [-0.4, -0.2) is 13.0 Å². The lowest BCUT2D eigenvalue weighted by Gasteiger charge is -1.97. The van der Waals surface area contributed by atoms with E-state index < -0.39 is 5.97 Å². The van der Waals surface area contributed by atoms with Crippen molar-refractivity contribution in [2.45, 2.75) is 71.1 Å². The summed E-state index contributed by atoms with van der Waals surface area (Å²) >= 11 is 0. The molecule has 3 heteroatoms. The van der Waals surface area contributed by atoms with Gasteiger partial charge in [-0.2, -0.15) is 0 Å². The molecule has 24 heavy (non-hydrogen) atoms. The quantitative estimate of drug-likeness (QED) is 0.388. The van der Waals surface area contributed by atoms with E-state index in [2.05, 4.69) is 55.2 Å². The van der Waals surface area contributed by atoms with Crippen molar-refractivity contribution in [3.8, 4) is 0 Å². The van der Waals surface area contributed by atoms with Gasteiger partial charge in [-0.05, 0) is 51.4 Å². The maximum absolute atomic E-state index is 10.2. The smallest absolute Gasteiger partial charge is 0.0634 e. The Morgan fingerprint density at radius 2 is 1.17 bits per heavy atom. The number of hydrogen-bond donors (Lipinski definition) is 1. The molecular formula is C21H37NO2. The van der Waals surface area contributed by atoms with Crippen LogP contribution < -0.4 is 10.8 Å². The molecule has 0 aromatic rings. The highest BCUT2D eigenvalue weighted by molar-refractivity contribution is 5.64. The Morgan fingerprint density at radius 1 is 0.750 bits per heavy atom. The summed E-state index contributed by atoms with van der Waals surface area (Å²) < 4.78 is 0. The molecule has 0 amide bonds. The molecule has 3 nitrogen and oxygen atoms in total. The van der Waals surface area contributed by atoms with E-state index in [4.69, 9.17) is 0 Å². The summed E-state index contributed by atoms with van der Waals surface area (Å²) in [6.07, 6.45) is 27.0. The molecule has 0 fully saturated rings. The van der Waals surface area contributed by atoms with Crippen molar-refractivity contribution in [1.82, 2.24) is 0 Å². The average Bonchev–Trinajstić information content (AvgIpc) is 2.59. The van der Waals surface area contributed by atoms with Crippen LogP contribution in [0.3, 0.4) is 0 Å². The Kier molecular flexibility index (Phi) is 24.3. The van der Waals surface area contributed by atoms with E-state index in [1.54, 1.807) is 7.05 Å². The first kappa shape index (κ1) is 24.6. The zero-order chi connectivity index (χ0) is 18.3. The van der Waals surface area contributed by atoms with Gasteiger partial charge < -0.3 is 15.6 Å². The summed E-state index contributed by atoms with van der Waals surface area (Å²) in [5.41, 5.74) is 3.25. The number of rotatable bonds is 14. The summed E-state index contributed by atoms with van der Waals surface area (Å²) in [5.74, 6) is -0.962. The predicted molar refractivity (Wildman–Crippen MR) is 102 cm³/mol. The molecule has 0 saturated heterocycles. The zero-order valence-electron chi connectivity index (χ0n) is 15.7. The Hall–Kier alpha value is -1.61. The minimum atomic E-state index is -0.962. The molecule has 0 unspecified atom stereocenters. The third kappa shape index (κ3) is 25.3. The fraction of sp³-hybridized carbons (Fsp3) is 0.571. The molecule has 0 bridgehead atoms. The Labute approximate surface area is 149 Å². The molecule has 0 aliphatic heterocycles. The van der Waals surface area contributed by atoms with Gasteiger partial charge in [0.25, 0.3) is 0 Å². The lowest BCUT2D eigenvalue weighted by atomic mass is 10.2. The van der Waals surface area contributed by atoms with Crippen molar-refractivity contribution in [3.05, 3.63) is 48.6 Å². The van der Waals surface area contributed by atoms with Crippen molar-refractivity contribution >= 4 is 5.97 Å². The van der Waals surface area contributed by atoms with Crippen LogP contribution in [0.4, 0.5) is 0 Å². The highest BCUT2D eigenvalue weighted by atomic mass is 16.4. The maximum Gasteiger partial charge on any atom is 0.0634 e. The largest absolute Gasteiger partial charge is 0.550 e. The van der Waals surface area contributed by atoms with Gasteiger partial charge in [0.15, 0.2) is 0 Å². The van der Waals surface area contributed by atoms with Crippen molar-refractivity contribution in [2.24, 2.45) is 0 Å². The van der Waals surface area contributed by atoms with Gasteiger partial charge in [0.05, 0.1) is 7.05 Å². The van der Waals surface area contributed by atoms with Crippen LogP contribution in [0, 0.1) is 0 Å². The van der Waals surface area contributed by atoms with Crippen LogP contribution in [0.15, 0.2) is 48.6 Å². The first-order valence-corrected chi connectivity index (χ1v) is 9.28. The number of carboxylic acids is 1. The monoisotopic (exact) mass is 335 g/mol. The first-order chi connectivity index (χ1) is 11.8. The molecule has 0 radical (unpaired) electrons. The van der Waals surface area contributed by atoms with Gasteiger partial charge in [-0.15, -0.1) is 0 Å². The Morgan fingerprint density at radius 3 is 1.58 bits per heavy atom. The standard InChI is InChI=1S/C20H32O2.CH5N/c1-2-3-4-5-6-7-8-9-10-11-12-13-14-15-16-17-18-19-20(21)22;1-2/h6-7,9-10,12-13,15-16H,2-5,8,11,14,17-19H2,1H3,(H,21,22);2H2,1H3/b7-6-,10-9-,13-12-,16-15-;. The van der Waals surface area contributed by atoms with Gasteiger partial charge in [0.1, 0.15) is 0 Å². The molecule has 3 N–H and O–H groups in total. The third-order valence-corrected chi connectivity index (χ3v) is 3.21. The van der Waals surface area contributed by atoms with E-state index in [0.29, 0.717) is 6.42 Å². The molecule has 0 spiro atoms. The van der Waals surface area contributed by atoms with Gasteiger partial charge in [-0.3, -0.25) is 0 Å². The minimum Gasteiger partial charge on any atom is -0.550 e. The van der Waals surface area contributed by atoms with Crippen LogP contribution in [0.5, 0.6) is 0 Å². The van der Waals surface area contributed by atoms with Crippen LogP contribution in [0.1, 0.15) is 71.1 Å².